The molecule has 0 bridgehead atoms. The lowest BCUT2D eigenvalue weighted by atomic mass is 10.3. The lowest BCUT2D eigenvalue weighted by Gasteiger charge is -2.09. The van der Waals surface area contributed by atoms with Crippen LogP contribution in [0.25, 0.3) is 0 Å². The summed E-state index contributed by atoms with van der Waals surface area (Å²) in [6.45, 7) is 0. The molecule has 2 N–H and O–H groups in total. The van der Waals surface area contributed by atoms with Crippen LogP contribution in [0.1, 0.15) is 0 Å². The molecule has 0 saturated carbocycles. The number of carbonyl (C=O) groups is 1. The average molecular weight is 201 g/mol. The summed E-state index contributed by atoms with van der Waals surface area (Å²) >= 11 is 5.64. The van der Waals surface area contributed by atoms with Crippen molar-refractivity contribution >= 4 is 23.3 Å². The van der Waals surface area contributed by atoms with Crippen molar-refractivity contribution in [2.75, 3.05) is 12.4 Å². The Bertz CT molecular complexity index is 298. The second-order valence-corrected chi connectivity index (χ2v) is 2.90. The van der Waals surface area contributed by atoms with Crippen molar-refractivity contribution in [1.82, 2.24) is 5.06 Å². The van der Waals surface area contributed by atoms with Crippen LogP contribution < -0.4 is 5.32 Å². The number of halogens is 1. The van der Waals surface area contributed by atoms with Crippen molar-refractivity contribution in [3.8, 4) is 0 Å². The molecule has 0 aliphatic carbocycles. The molecule has 13 heavy (non-hydrogen) atoms. The summed E-state index contributed by atoms with van der Waals surface area (Å²) < 4.78 is 0. The lowest BCUT2D eigenvalue weighted by Crippen LogP contribution is -2.27. The van der Waals surface area contributed by atoms with Gasteiger partial charge in [-0.05, 0) is 24.3 Å². The Labute approximate surface area is 80.7 Å². The van der Waals surface area contributed by atoms with Gasteiger partial charge in [-0.2, -0.15) is 0 Å². The van der Waals surface area contributed by atoms with Crippen LogP contribution in [-0.2, 0) is 0 Å². The molecular formula is C8H9ClN2O2. The number of benzene rings is 1. The van der Waals surface area contributed by atoms with E-state index < -0.39 is 6.03 Å². The summed E-state index contributed by atoms with van der Waals surface area (Å²) in [5.41, 5.74) is 0.579. The Kier molecular flexibility index (Phi) is 3.11. The predicted octanol–water partition coefficient (Wildman–Crippen LogP) is 2.19. The number of nitrogens with one attached hydrogen (secondary N) is 1. The molecule has 0 saturated heterocycles. The number of amides is 2. The van der Waals surface area contributed by atoms with Gasteiger partial charge in [-0.15, -0.1) is 0 Å². The van der Waals surface area contributed by atoms with Crippen LogP contribution in [0.5, 0.6) is 0 Å². The van der Waals surface area contributed by atoms with Gasteiger partial charge in [0.1, 0.15) is 0 Å². The summed E-state index contributed by atoms with van der Waals surface area (Å²) in [6.07, 6.45) is 0. The average Bonchev–Trinajstić information content (AvgIpc) is 2.08. The third-order valence-corrected chi connectivity index (χ3v) is 1.64. The smallest absolute Gasteiger partial charge is 0.306 e. The van der Waals surface area contributed by atoms with Crippen molar-refractivity contribution in [2.45, 2.75) is 0 Å². The first kappa shape index (κ1) is 9.83. The molecular weight excluding hydrogens is 192 g/mol. The zero-order chi connectivity index (χ0) is 9.84. The Morgan fingerprint density at radius 2 is 2.00 bits per heavy atom. The van der Waals surface area contributed by atoms with Gasteiger partial charge in [-0.25, -0.2) is 9.86 Å². The molecule has 0 spiro atoms. The molecule has 0 radical (unpaired) electrons. The van der Waals surface area contributed by atoms with E-state index in [9.17, 15) is 4.79 Å². The molecule has 5 heteroatoms. The molecule has 2 amide bonds. The lowest BCUT2D eigenvalue weighted by molar-refractivity contribution is -0.0118. The summed E-state index contributed by atoms with van der Waals surface area (Å²) in [4.78, 5) is 10.9. The van der Waals surface area contributed by atoms with Gasteiger partial charge in [-0.1, -0.05) is 11.6 Å². The maximum absolute atomic E-state index is 10.9. The third-order valence-electron chi connectivity index (χ3n) is 1.39. The van der Waals surface area contributed by atoms with E-state index in [2.05, 4.69) is 5.32 Å². The molecule has 1 aromatic carbocycles. The minimum Gasteiger partial charge on any atom is -0.306 e. The van der Waals surface area contributed by atoms with Gasteiger partial charge < -0.3 is 5.32 Å². The van der Waals surface area contributed by atoms with E-state index in [1.54, 1.807) is 24.3 Å². The van der Waals surface area contributed by atoms with E-state index in [1.807, 2.05) is 0 Å². The van der Waals surface area contributed by atoms with E-state index in [-0.39, 0.29) is 0 Å². The maximum atomic E-state index is 10.9. The van der Waals surface area contributed by atoms with Crippen LogP contribution in [0.2, 0.25) is 5.02 Å². The van der Waals surface area contributed by atoms with Gasteiger partial charge in [0.25, 0.3) is 0 Å². The van der Waals surface area contributed by atoms with Gasteiger partial charge in [0.05, 0.1) is 0 Å². The highest BCUT2D eigenvalue weighted by Crippen LogP contribution is 2.13. The highest BCUT2D eigenvalue weighted by molar-refractivity contribution is 6.30. The highest BCUT2D eigenvalue weighted by atomic mass is 35.5. The van der Waals surface area contributed by atoms with Crippen molar-refractivity contribution in [2.24, 2.45) is 0 Å². The number of rotatable bonds is 1. The first-order chi connectivity index (χ1) is 6.09. The zero-order valence-corrected chi connectivity index (χ0v) is 7.75. The molecule has 0 aliphatic heterocycles. The molecule has 0 atom stereocenters. The van der Waals surface area contributed by atoms with E-state index in [4.69, 9.17) is 16.8 Å². The van der Waals surface area contributed by atoms with Gasteiger partial charge in [-0.3, -0.25) is 5.21 Å². The summed E-state index contributed by atoms with van der Waals surface area (Å²) in [7, 11) is 1.24. The molecule has 0 fully saturated rings. The van der Waals surface area contributed by atoms with Gasteiger partial charge in [0.2, 0.25) is 0 Å². The fraction of sp³-hybridized carbons (Fsp3) is 0.125. The van der Waals surface area contributed by atoms with Crippen molar-refractivity contribution in [1.29, 1.82) is 0 Å². The number of hydroxylamine groups is 2. The summed E-state index contributed by atoms with van der Waals surface area (Å²) in [6, 6.07) is 5.98. The van der Waals surface area contributed by atoms with E-state index in [1.165, 1.54) is 7.05 Å². The SMILES string of the molecule is CN(O)C(=O)Nc1ccc(Cl)cc1. The van der Waals surface area contributed by atoms with Gasteiger partial charge >= 0.3 is 6.03 Å². The number of hydrogen-bond acceptors (Lipinski definition) is 2. The monoisotopic (exact) mass is 200 g/mol. The van der Waals surface area contributed by atoms with Crippen molar-refractivity contribution < 1.29 is 10.0 Å². The van der Waals surface area contributed by atoms with Crippen LogP contribution >= 0.6 is 11.6 Å². The molecule has 1 rings (SSSR count). The predicted molar refractivity (Wildman–Crippen MR) is 50.0 cm³/mol. The fourth-order valence-electron chi connectivity index (χ4n) is 0.738. The van der Waals surface area contributed by atoms with Gasteiger partial charge in [0.15, 0.2) is 0 Å². The van der Waals surface area contributed by atoms with Crippen LogP contribution in [0.3, 0.4) is 0 Å². The van der Waals surface area contributed by atoms with Crippen molar-refractivity contribution in [3.63, 3.8) is 0 Å². The van der Waals surface area contributed by atoms with Crippen LogP contribution in [0.15, 0.2) is 24.3 Å². The summed E-state index contributed by atoms with van der Waals surface area (Å²) in [5.74, 6) is 0. The maximum Gasteiger partial charge on any atom is 0.345 e. The second kappa shape index (κ2) is 4.11. The quantitative estimate of drug-likeness (QED) is 0.539. The Hall–Kier alpha value is -1.26. The standard InChI is InChI=1S/C8H9ClN2O2/c1-11(13)8(12)10-7-4-2-6(9)3-5-7/h2-5,13H,1H3,(H,10,12). The molecule has 0 unspecified atom stereocenters. The Balaban J connectivity index is 2.65. The first-order valence-corrected chi connectivity index (χ1v) is 3.96. The molecule has 0 aliphatic rings. The fourth-order valence-corrected chi connectivity index (χ4v) is 0.864. The number of hydrogen-bond donors (Lipinski definition) is 2. The zero-order valence-electron chi connectivity index (χ0n) is 6.99. The number of anilines is 1. The topological polar surface area (TPSA) is 52.6 Å². The van der Waals surface area contributed by atoms with Crippen LogP contribution in [-0.4, -0.2) is 23.3 Å². The van der Waals surface area contributed by atoms with E-state index in [0.717, 1.165) is 0 Å². The molecule has 0 aromatic heterocycles. The Morgan fingerprint density at radius 1 is 1.46 bits per heavy atom. The number of nitrogens with zero attached hydrogens (tertiary/aromatic N) is 1. The van der Waals surface area contributed by atoms with Gasteiger partial charge in [0, 0.05) is 17.8 Å². The summed E-state index contributed by atoms with van der Waals surface area (Å²) in [5, 5.41) is 12.2. The number of urea groups is 1. The molecule has 1 aromatic rings. The van der Waals surface area contributed by atoms with Crippen LogP contribution in [0, 0.1) is 0 Å². The largest absolute Gasteiger partial charge is 0.345 e. The third kappa shape index (κ3) is 2.93. The molecule has 4 nitrogen and oxygen atoms in total. The number of carbonyl (C=O) groups excluding carboxylic acids is 1. The second-order valence-electron chi connectivity index (χ2n) is 2.46. The minimum atomic E-state index is -0.595. The highest BCUT2D eigenvalue weighted by Gasteiger charge is 2.04. The molecule has 0 heterocycles. The normalized spacial score (nSPS) is 9.46. The minimum absolute atomic E-state index is 0.467. The molecule has 70 valence electrons. The first-order valence-electron chi connectivity index (χ1n) is 3.59. The van der Waals surface area contributed by atoms with E-state index in [0.29, 0.717) is 15.8 Å². The van der Waals surface area contributed by atoms with E-state index >= 15 is 0 Å². The Morgan fingerprint density at radius 3 is 2.46 bits per heavy atom. The van der Waals surface area contributed by atoms with Crippen molar-refractivity contribution in [3.05, 3.63) is 29.3 Å². The van der Waals surface area contributed by atoms with Crippen LogP contribution in [0.4, 0.5) is 10.5 Å².